The van der Waals surface area contributed by atoms with Gasteiger partial charge >= 0.3 is 5.97 Å². The lowest BCUT2D eigenvalue weighted by molar-refractivity contribution is 0.0740. The van der Waals surface area contributed by atoms with Gasteiger partial charge in [0, 0.05) is 21.9 Å². The van der Waals surface area contributed by atoms with E-state index < -0.39 is 5.97 Å². The van der Waals surface area contributed by atoms with Crippen molar-refractivity contribution in [3.05, 3.63) is 93.8 Å². The van der Waals surface area contributed by atoms with Gasteiger partial charge in [-0.2, -0.15) is 0 Å². The summed E-state index contributed by atoms with van der Waals surface area (Å²) < 4.78 is 6.42. The summed E-state index contributed by atoms with van der Waals surface area (Å²) in [5, 5.41) is 1.26. The lowest BCUT2D eigenvalue weighted by Crippen LogP contribution is -2.06. The summed E-state index contributed by atoms with van der Waals surface area (Å²) in [4.78, 5) is 28.6. The van der Waals surface area contributed by atoms with Crippen molar-refractivity contribution in [2.75, 3.05) is 0 Å². The number of hydrogen-bond donors (Lipinski definition) is 0. The standard InChI is InChI=1S/C24H16ClNO3S/c1-15(27)17-8-10-18(11-9-17)26-14-16-6-12-19(13-7-16)29-24(28)23-22(25)20-4-2-3-5-21(20)30-23/h2-14H,1H3. The molecule has 0 aliphatic carbocycles. The highest BCUT2D eigenvalue weighted by Gasteiger charge is 2.18. The van der Waals surface area contributed by atoms with Crippen LogP contribution in [0.15, 0.2) is 77.8 Å². The fraction of sp³-hybridized carbons (Fsp3) is 0.0417. The molecular weight excluding hydrogens is 418 g/mol. The Bertz CT molecular complexity index is 1260. The van der Waals surface area contributed by atoms with E-state index in [1.165, 1.54) is 18.3 Å². The van der Waals surface area contributed by atoms with Crippen molar-refractivity contribution in [3.63, 3.8) is 0 Å². The normalized spacial score (nSPS) is 11.1. The number of esters is 1. The van der Waals surface area contributed by atoms with E-state index >= 15 is 0 Å². The van der Waals surface area contributed by atoms with Gasteiger partial charge in [-0.15, -0.1) is 11.3 Å². The number of halogens is 1. The molecule has 1 aromatic heterocycles. The second kappa shape index (κ2) is 8.61. The topological polar surface area (TPSA) is 55.7 Å². The van der Waals surface area contributed by atoms with Gasteiger partial charge in [0.2, 0.25) is 0 Å². The molecule has 3 aromatic carbocycles. The summed E-state index contributed by atoms with van der Waals surface area (Å²) in [5.41, 5.74) is 2.25. The number of fused-ring (bicyclic) bond motifs is 1. The monoisotopic (exact) mass is 433 g/mol. The number of benzene rings is 3. The number of Topliss-reactive ketones (excluding diaryl/α,β-unsaturated/α-hetero) is 1. The molecule has 30 heavy (non-hydrogen) atoms. The molecule has 4 aromatic rings. The van der Waals surface area contributed by atoms with Gasteiger partial charge in [-0.3, -0.25) is 9.79 Å². The summed E-state index contributed by atoms with van der Waals surface area (Å²) in [7, 11) is 0. The molecule has 0 N–H and O–H groups in total. The van der Waals surface area contributed by atoms with Crippen LogP contribution in [0.5, 0.6) is 5.75 Å². The highest BCUT2D eigenvalue weighted by Crippen LogP contribution is 2.35. The van der Waals surface area contributed by atoms with Crippen LogP contribution in [0, 0.1) is 0 Å². The Morgan fingerprint density at radius 1 is 0.967 bits per heavy atom. The third-order valence-corrected chi connectivity index (χ3v) is 6.10. The minimum Gasteiger partial charge on any atom is -0.422 e. The third kappa shape index (κ3) is 4.32. The molecule has 148 valence electrons. The van der Waals surface area contributed by atoms with Crippen LogP contribution >= 0.6 is 22.9 Å². The van der Waals surface area contributed by atoms with Gasteiger partial charge in [0.1, 0.15) is 10.6 Å². The molecule has 0 radical (unpaired) electrons. The van der Waals surface area contributed by atoms with Crippen LogP contribution < -0.4 is 4.74 Å². The van der Waals surface area contributed by atoms with E-state index in [0.29, 0.717) is 21.2 Å². The van der Waals surface area contributed by atoms with E-state index in [1.807, 2.05) is 36.4 Å². The summed E-state index contributed by atoms with van der Waals surface area (Å²) >= 11 is 7.66. The first kappa shape index (κ1) is 20.0. The van der Waals surface area contributed by atoms with E-state index in [-0.39, 0.29) is 5.78 Å². The Morgan fingerprint density at radius 2 is 1.67 bits per heavy atom. The van der Waals surface area contributed by atoms with Gasteiger partial charge in [0.05, 0.1) is 10.7 Å². The molecule has 0 saturated carbocycles. The molecule has 0 saturated heterocycles. The number of rotatable bonds is 5. The Labute approximate surface area is 182 Å². The lowest BCUT2D eigenvalue weighted by Gasteiger charge is -2.03. The first-order chi connectivity index (χ1) is 14.5. The molecule has 0 atom stereocenters. The maximum atomic E-state index is 12.5. The number of carbonyl (C=O) groups excluding carboxylic acids is 2. The average Bonchev–Trinajstić information content (AvgIpc) is 3.10. The van der Waals surface area contributed by atoms with Gasteiger partial charge in [0.15, 0.2) is 5.78 Å². The first-order valence-electron chi connectivity index (χ1n) is 9.15. The Kier molecular flexibility index (Phi) is 5.74. The first-order valence-corrected chi connectivity index (χ1v) is 10.3. The summed E-state index contributed by atoms with van der Waals surface area (Å²) in [6, 6.07) is 21.7. The van der Waals surface area contributed by atoms with E-state index in [2.05, 4.69) is 4.99 Å². The number of thiophene rings is 1. The van der Waals surface area contributed by atoms with Crippen molar-refractivity contribution in [2.24, 2.45) is 4.99 Å². The van der Waals surface area contributed by atoms with Crippen LogP contribution in [-0.4, -0.2) is 18.0 Å². The maximum Gasteiger partial charge on any atom is 0.355 e. The molecule has 6 heteroatoms. The predicted molar refractivity (Wildman–Crippen MR) is 122 cm³/mol. The minimum absolute atomic E-state index is 0.0209. The summed E-state index contributed by atoms with van der Waals surface area (Å²) in [6.07, 6.45) is 1.71. The van der Waals surface area contributed by atoms with E-state index in [9.17, 15) is 9.59 Å². The zero-order valence-electron chi connectivity index (χ0n) is 16.0. The fourth-order valence-corrected chi connectivity index (χ4v) is 4.24. The van der Waals surface area contributed by atoms with Gasteiger partial charge in [-0.05, 0) is 67.1 Å². The molecule has 0 unspecified atom stereocenters. The molecule has 1 heterocycles. The minimum atomic E-state index is -0.479. The second-order valence-electron chi connectivity index (χ2n) is 6.56. The van der Waals surface area contributed by atoms with Crippen LogP contribution in [0.3, 0.4) is 0 Å². The zero-order valence-corrected chi connectivity index (χ0v) is 17.5. The fourth-order valence-electron chi connectivity index (χ4n) is 2.85. The van der Waals surface area contributed by atoms with Crippen LogP contribution in [0.2, 0.25) is 5.02 Å². The van der Waals surface area contributed by atoms with Gasteiger partial charge < -0.3 is 4.74 Å². The number of aliphatic imine (C=N–C) groups is 1. The molecule has 0 amide bonds. The Morgan fingerprint density at radius 3 is 2.33 bits per heavy atom. The number of ether oxygens (including phenoxy) is 1. The number of carbonyl (C=O) groups is 2. The van der Waals surface area contributed by atoms with E-state index in [1.54, 1.807) is 42.6 Å². The largest absolute Gasteiger partial charge is 0.422 e. The number of ketones is 1. The van der Waals surface area contributed by atoms with Crippen LogP contribution in [0.1, 0.15) is 32.5 Å². The van der Waals surface area contributed by atoms with Crippen LogP contribution in [0.25, 0.3) is 10.1 Å². The average molecular weight is 434 g/mol. The van der Waals surface area contributed by atoms with E-state index in [4.69, 9.17) is 16.3 Å². The molecule has 4 nitrogen and oxygen atoms in total. The molecule has 4 rings (SSSR count). The molecule has 0 aliphatic rings. The van der Waals surface area contributed by atoms with Crippen molar-refractivity contribution in [2.45, 2.75) is 6.92 Å². The molecule has 0 spiro atoms. The number of nitrogens with zero attached hydrogens (tertiary/aromatic N) is 1. The quantitative estimate of drug-likeness (QED) is 0.152. The predicted octanol–water partition coefficient (Wildman–Crippen LogP) is 6.73. The van der Waals surface area contributed by atoms with Gasteiger partial charge in [-0.1, -0.05) is 29.8 Å². The smallest absolute Gasteiger partial charge is 0.355 e. The highest BCUT2D eigenvalue weighted by molar-refractivity contribution is 7.21. The second-order valence-corrected chi connectivity index (χ2v) is 7.99. The van der Waals surface area contributed by atoms with Gasteiger partial charge in [-0.25, -0.2) is 4.79 Å². The molecule has 0 bridgehead atoms. The molecule has 0 aliphatic heterocycles. The Hall–Kier alpha value is -3.28. The Balaban J connectivity index is 1.44. The van der Waals surface area contributed by atoms with Crippen molar-refractivity contribution >= 4 is 56.7 Å². The SMILES string of the molecule is CC(=O)c1ccc(N=Cc2ccc(OC(=O)c3sc4ccccc4c3Cl)cc2)cc1. The highest BCUT2D eigenvalue weighted by atomic mass is 35.5. The summed E-state index contributed by atoms with van der Waals surface area (Å²) in [6.45, 7) is 1.53. The van der Waals surface area contributed by atoms with Crippen molar-refractivity contribution < 1.29 is 14.3 Å². The van der Waals surface area contributed by atoms with Crippen molar-refractivity contribution in [3.8, 4) is 5.75 Å². The van der Waals surface area contributed by atoms with Crippen molar-refractivity contribution in [1.82, 2.24) is 0 Å². The third-order valence-electron chi connectivity index (χ3n) is 4.45. The van der Waals surface area contributed by atoms with E-state index in [0.717, 1.165) is 21.3 Å². The zero-order chi connectivity index (χ0) is 21.1. The number of hydrogen-bond acceptors (Lipinski definition) is 5. The molecule has 0 fully saturated rings. The van der Waals surface area contributed by atoms with Crippen molar-refractivity contribution in [1.29, 1.82) is 0 Å². The van der Waals surface area contributed by atoms with Crippen LogP contribution in [0.4, 0.5) is 5.69 Å². The van der Waals surface area contributed by atoms with Gasteiger partial charge in [0.25, 0.3) is 0 Å². The van der Waals surface area contributed by atoms with Crippen LogP contribution in [-0.2, 0) is 0 Å². The molecular formula is C24H16ClNO3S. The lowest BCUT2D eigenvalue weighted by atomic mass is 10.1. The summed E-state index contributed by atoms with van der Waals surface area (Å²) in [5.74, 6) is -0.0303. The maximum absolute atomic E-state index is 12.5.